The van der Waals surface area contributed by atoms with Crippen LogP contribution in [0.3, 0.4) is 0 Å². The Bertz CT molecular complexity index is 558. The standard InChI is InChI=1S/C10H8Br2ClN5/c11-5-2-1-3-6(12)8(5)16-9-7(13)4-15-10(17-9)18-14/h1-4H,14H2,(H2,15,16,17,18). The zero-order chi connectivity index (χ0) is 13.1. The van der Waals surface area contributed by atoms with Gasteiger partial charge in [0.05, 0.1) is 11.9 Å². The van der Waals surface area contributed by atoms with Crippen LogP contribution in [-0.2, 0) is 0 Å². The van der Waals surface area contributed by atoms with Gasteiger partial charge < -0.3 is 5.32 Å². The summed E-state index contributed by atoms with van der Waals surface area (Å²) in [7, 11) is 0. The molecule has 18 heavy (non-hydrogen) atoms. The van der Waals surface area contributed by atoms with Crippen LogP contribution in [0.15, 0.2) is 33.3 Å². The Labute approximate surface area is 125 Å². The SMILES string of the molecule is NNc1ncc(Cl)c(Nc2c(Br)cccc2Br)n1. The number of nitrogens with two attached hydrogens (primary N) is 1. The summed E-state index contributed by atoms with van der Waals surface area (Å²) in [5.41, 5.74) is 3.19. The second-order valence-corrected chi connectivity index (χ2v) is 5.37. The lowest BCUT2D eigenvalue weighted by atomic mass is 10.3. The predicted molar refractivity (Wildman–Crippen MR) is 80.0 cm³/mol. The minimum atomic E-state index is 0.282. The van der Waals surface area contributed by atoms with Gasteiger partial charge in [-0.25, -0.2) is 10.8 Å². The highest BCUT2D eigenvalue weighted by Crippen LogP contribution is 2.34. The van der Waals surface area contributed by atoms with Crippen molar-refractivity contribution < 1.29 is 0 Å². The van der Waals surface area contributed by atoms with Gasteiger partial charge in [-0.3, -0.25) is 5.43 Å². The van der Waals surface area contributed by atoms with Gasteiger partial charge in [0.15, 0.2) is 5.82 Å². The van der Waals surface area contributed by atoms with Crippen LogP contribution in [0.25, 0.3) is 0 Å². The molecule has 0 aliphatic heterocycles. The summed E-state index contributed by atoms with van der Waals surface area (Å²) in [6.45, 7) is 0. The molecule has 0 atom stereocenters. The number of hydrogen-bond donors (Lipinski definition) is 3. The molecule has 0 unspecified atom stereocenters. The van der Waals surface area contributed by atoms with Crippen molar-refractivity contribution in [3.63, 3.8) is 0 Å². The Kier molecular flexibility index (Phi) is 4.39. The molecule has 0 bridgehead atoms. The van der Waals surface area contributed by atoms with Crippen molar-refractivity contribution >= 4 is 60.9 Å². The molecule has 94 valence electrons. The summed E-state index contributed by atoms with van der Waals surface area (Å²) in [4.78, 5) is 8.04. The minimum Gasteiger partial charge on any atom is -0.337 e. The summed E-state index contributed by atoms with van der Waals surface area (Å²) in [5, 5.41) is 3.51. The van der Waals surface area contributed by atoms with Gasteiger partial charge >= 0.3 is 0 Å². The number of halogens is 3. The van der Waals surface area contributed by atoms with E-state index >= 15 is 0 Å². The molecular formula is C10H8Br2ClN5. The molecule has 0 saturated carbocycles. The van der Waals surface area contributed by atoms with Crippen molar-refractivity contribution in [3.8, 4) is 0 Å². The van der Waals surface area contributed by atoms with Crippen molar-refractivity contribution in [1.29, 1.82) is 0 Å². The minimum absolute atomic E-state index is 0.282. The molecule has 0 fully saturated rings. The molecule has 4 N–H and O–H groups in total. The highest BCUT2D eigenvalue weighted by molar-refractivity contribution is 9.11. The number of nitrogen functional groups attached to an aromatic ring is 1. The van der Waals surface area contributed by atoms with Gasteiger partial charge in [-0.15, -0.1) is 0 Å². The number of nitrogens with zero attached hydrogens (tertiary/aromatic N) is 2. The van der Waals surface area contributed by atoms with Crippen molar-refractivity contribution in [3.05, 3.63) is 38.4 Å². The van der Waals surface area contributed by atoms with E-state index in [0.29, 0.717) is 10.8 Å². The fourth-order valence-electron chi connectivity index (χ4n) is 1.26. The third kappa shape index (κ3) is 2.92. The van der Waals surface area contributed by atoms with Crippen LogP contribution < -0.4 is 16.6 Å². The summed E-state index contributed by atoms with van der Waals surface area (Å²) < 4.78 is 1.77. The van der Waals surface area contributed by atoms with Crippen LogP contribution >= 0.6 is 43.5 Å². The molecule has 0 aliphatic rings. The van der Waals surface area contributed by atoms with Gasteiger partial charge in [-0.2, -0.15) is 4.98 Å². The topological polar surface area (TPSA) is 75.9 Å². The zero-order valence-electron chi connectivity index (χ0n) is 8.92. The maximum Gasteiger partial charge on any atom is 0.239 e. The normalized spacial score (nSPS) is 10.2. The predicted octanol–water partition coefficient (Wildman–Crippen LogP) is 3.68. The molecule has 2 rings (SSSR count). The molecule has 5 nitrogen and oxygen atoms in total. The Morgan fingerprint density at radius 1 is 1.22 bits per heavy atom. The first-order valence-electron chi connectivity index (χ1n) is 4.82. The van der Waals surface area contributed by atoms with E-state index in [1.807, 2.05) is 18.2 Å². The van der Waals surface area contributed by atoms with Crippen molar-refractivity contribution in [2.24, 2.45) is 5.84 Å². The highest BCUT2D eigenvalue weighted by atomic mass is 79.9. The number of nitrogens with one attached hydrogen (secondary N) is 2. The zero-order valence-corrected chi connectivity index (χ0v) is 12.8. The number of benzene rings is 1. The van der Waals surface area contributed by atoms with Crippen molar-refractivity contribution in [2.75, 3.05) is 10.7 Å². The molecule has 1 aromatic carbocycles. The Morgan fingerprint density at radius 3 is 2.50 bits per heavy atom. The van der Waals surface area contributed by atoms with E-state index < -0.39 is 0 Å². The van der Waals surface area contributed by atoms with Crippen LogP contribution in [0.2, 0.25) is 5.02 Å². The number of para-hydroxylation sites is 1. The maximum absolute atomic E-state index is 6.02. The van der Waals surface area contributed by atoms with E-state index in [9.17, 15) is 0 Å². The van der Waals surface area contributed by atoms with Gasteiger partial charge in [0, 0.05) is 8.95 Å². The number of aromatic nitrogens is 2. The van der Waals surface area contributed by atoms with Gasteiger partial charge in [0.25, 0.3) is 0 Å². The van der Waals surface area contributed by atoms with Crippen LogP contribution in [0.5, 0.6) is 0 Å². The van der Waals surface area contributed by atoms with Gasteiger partial charge in [-0.05, 0) is 44.0 Å². The lowest BCUT2D eigenvalue weighted by Gasteiger charge is -2.11. The molecule has 8 heteroatoms. The average molecular weight is 393 g/mol. The molecule has 0 aliphatic carbocycles. The lowest BCUT2D eigenvalue weighted by Crippen LogP contribution is -2.11. The van der Waals surface area contributed by atoms with Gasteiger partial charge in [0.2, 0.25) is 5.95 Å². The van der Waals surface area contributed by atoms with E-state index in [-0.39, 0.29) is 5.95 Å². The highest BCUT2D eigenvalue weighted by Gasteiger charge is 2.09. The first kappa shape index (κ1) is 13.5. The smallest absolute Gasteiger partial charge is 0.239 e. The van der Waals surface area contributed by atoms with Crippen LogP contribution in [0.4, 0.5) is 17.5 Å². The monoisotopic (exact) mass is 391 g/mol. The largest absolute Gasteiger partial charge is 0.337 e. The molecule has 0 amide bonds. The molecule has 2 aromatic rings. The quantitative estimate of drug-likeness (QED) is 0.548. The van der Waals surface area contributed by atoms with E-state index in [4.69, 9.17) is 17.4 Å². The fourth-order valence-corrected chi connectivity index (χ4v) is 2.59. The Balaban J connectivity index is 2.39. The van der Waals surface area contributed by atoms with E-state index in [1.165, 1.54) is 6.20 Å². The number of rotatable bonds is 3. The summed E-state index contributed by atoms with van der Waals surface area (Å²) >= 11 is 12.9. The molecule has 1 aromatic heterocycles. The average Bonchev–Trinajstić information content (AvgIpc) is 2.36. The lowest BCUT2D eigenvalue weighted by molar-refractivity contribution is 1.12. The third-order valence-corrected chi connectivity index (χ3v) is 3.68. The fraction of sp³-hybridized carbons (Fsp3) is 0. The summed E-state index contributed by atoms with van der Waals surface area (Å²) in [6, 6.07) is 5.72. The second kappa shape index (κ2) is 5.83. The van der Waals surface area contributed by atoms with Crippen molar-refractivity contribution in [2.45, 2.75) is 0 Å². The van der Waals surface area contributed by atoms with E-state index in [1.54, 1.807) is 0 Å². The molecular weight excluding hydrogens is 385 g/mol. The molecule has 0 saturated heterocycles. The second-order valence-electron chi connectivity index (χ2n) is 3.26. The maximum atomic E-state index is 6.02. The van der Waals surface area contributed by atoms with Crippen LogP contribution in [0.1, 0.15) is 0 Å². The summed E-state index contributed by atoms with van der Waals surface area (Å²) in [6.07, 6.45) is 1.47. The van der Waals surface area contributed by atoms with Crippen LogP contribution in [0, 0.1) is 0 Å². The number of anilines is 3. The molecule has 0 radical (unpaired) electrons. The van der Waals surface area contributed by atoms with E-state index in [2.05, 4.69) is 52.6 Å². The van der Waals surface area contributed by atoms with Crippen molar-refractivity contribution in [1.82, 2.24) is 9.97 Å². The first-order chi connectivity index (χ1) is 8.61. The first-order valence-corrected chi connectivity index (χ1v) is 6.78. The van der Waals surface area contributed by atoms with E-state index in [0.717, 1.165) is 14.6 Å². The molecule has 0 spiro atoms. The van der Waals surface area contributed by atoms with Gasteiger partial charge in [0.1, 0.15) is 5.02 Å². The van der Waals surface area contributed by atoms with Crippen LogP contribution in [-0.4, -0.2) is 9.97 Å². The molecule has 1 heterocycles. The number of hydrazine groups is 1. The summed E-state index contributed by atoms with van der Waals surface area (Å²) in [5.74, 6) is 6.01. The Morgan fingerprint density at radius 2 is 1.89 bits per heavy atom. The van der Waals surface area contributed by atoms with Gasteiger partial charge in [-0.1, -0.05) is 17.7 Å². The number of hydrogen-bond acceptors (Lipinski definition) is 5. The Hall–Kier alpha value is -0.890. The third-order valence-electron chi connectivity index (χ3n) is 2.08.